The predicted octanol–water partition coefficient (Wildman–Crippen LogP) is 1.17. The van der Waals surface area contributed by atoms with Crippen molar-refractivity contribution in [2.24, 2.45) is 0 Å². The van der Waals surface area contributed by atoms with Crippen LogP contribution in [0.1, 0.15) is 28.8 Å². The standard InChI is InChI=1S/C13H20N2O3/c1-9-6-11(18-12(9)13(16)17-3)8-15-5-4-14-10(2)7-15/h6,10,14H,4-5,7-8H2,1-3H3/t10-/m0/s1. The molecule has 0 unspecified atom stereocenters. The molecule has 0 bridgehead atoms. The first-order chi connectivity index (χ1) is 8.60. The number of hydrogen-bond donors (Lipinski definition) is 1. The number of furan rings is 1. The molecular formula is C13H20N2O3. The second kappa shape index (κ2) is 5.54. The summed E-state index contributed by atoms with van der Waals surface area (Å²) in [5, 5.41) is 3.40. The van der Waals surface area contributed by atoms with Crippen molar-refractivity contribution >= 4 is 5.97 Å². The summed E-state index contributed by atoms with van der Waals surface area (Å²) in [5.41, 5.74) is 0.833. The predicted molar refractivity (Wildman–Crippen MR) is 67.5 cm³/mol. The van der Waals surface area contributed by atoms with Crippen molar-refractivity contribution in [2.75, 3.05) is 26.7 Å². The topological polar surface area (TPSA) is 54.7 Å². The zero-order valence-corrected chi connectivity index (χ0v) is 11.2. The van der Waals surface area contributed by atoms with Crippen molar-refractivity contribution in [2.45, 2.75) is 26.4 Å². The van der Waals surface area contributed by atoms with Gasteiger partial charge in [0.1, 0.15) is 5.76 Å². The van der Waals surface area contributed by atoms with Crippen LogP contribution in [0.2, 0.25) is 0 Å². The lowest BCUT2D eigenvalue weighted by Crippen LogP contribution is -2.48. The Balaban J connectivity index is 2.03. The van der Waals surface area contributed by atoms with E-state index < -0.39 is 5.97 Å². The summed E-state index contributed by atoms with van der Waals surface area (Å²) >= 11 is 0. The van der Waals surface area contributed by atoms with Crippen molar-refractivity contribution in [3.63, 3.8) is 0 Å². The minimum Gasteiger partial charge on any atom is -0.463 e. The quantitative estimate of drug-likeness (QED) is 0.818. The van der Waals surface area contributed by atoms with E-state index in [0.717, 1.165) is 37.5 Å². The first-order valence-corrected chi connectivity index (χ1v) is 6.23. The molecule has 1 aliphatic heterocycles. The number of aryl methyl sites for hydroxylation is 1. The minimum atomic E-state index is -0.410. The molecule has 2 rings (SSSR count). The van der Waals surface area contributed by atoms with Crippen LogP contribution in [-0.2, 0) is 11.3 Å². The lowest BCUT2D eigenvalue weighted by atomic mass is 10.2. The van der Waals surface area contributed by atoms with E-state index in [9.17, 15) is 4.79 Å². The lowest BCUT2D eigenvalue weighted by molar-refractivity contribution is 0.0559. The van der Waals surface area contributed by atoms with Crippen molar-refractivity contribution in [1.29, 1.82) is 0 Å². The van der Waals surface area contributed by atoms with Gasteiger partial charge in [0, 0.05) is 31.2 Å². The molecule has 0 radical (unpaired) electrons. The third-order valence-corrected chi connectivity index (χ3v) is 3.17. The summed E-state index contributed by atoms with van der Waals surface area (Å²) in [5.74, 6) is 0.727. The summed E-state index contributed by atoms with van der Waals surface area (Å²) in [6.07, 6.45) is 0. The van der Waals surface area contributed by atoms with Gasteiger partial charge in [-0.05, 0) is 19.9 Å². The first kappa shape index (κ1) is 13.1. The molecule has 18 heavy (non-hydrogen) atoms. The van der Waals surface area contributed by atoms with E-state index in [1.54, 1.807) is 0 Å². The number of rotatable bonds is 3. The van der Waals surface area contributed by atoms with E-state index in [0.29, 0.717) is 11.8 Å². The third kappa shape index (κ3) is 2.91. The van der Waals surface area contributed by atoms with Gasteiger partial charge in [0.05, 0.1) is 13.7 Å². The summed E-state index contributed by atoms with van der Waals surface area (Å²) in [6.45, 7) is 7.75. The van der Waals surface area contributed by atoms with Gasteiger partial charge in [0.15, 0.2) is 0 Å². The van der Waals surface area contributed by atoms with Gasteiger partial charge in [-0.2, -0.15) is 0 Å². The molecule has 0 aliphatic carbocycles. The van der Waals surface area contributed by atoms with Gasteiger partial charge in [0.2, 0.25) is 5.76 Å². The zero-order chi connectivity index (χ0) is 13.1. The largest absolute Gasteiger partial charge is 0.463 e. The SMILES string of the molecule is COC(=O)c1oc(CN2CCN[C@@H](C)C2)cc1C. The van der Waals surface area contributed by atoms with E-state index in [-0.39, 0.29) is 0 Å². The Labute approximate surface area is 107 Å². The average Bonchev–Trinajstić information content (AvgIpc) is 2.69. The molecule has 0 saturated carbocycles. The fraction of sp³-hybridized carbons (Fsp3) is 0.615. The highest BCUT2D eigenvalue weighted by molar-refractivity contribution is 5.87. The number of carbonyl (C=O) groups excluding carboxylic acids is 1. The first-order valence-electron chi connectivity index (χ1n) is 6.23. The molecule has 1 aromatic heterocycles. The Morgan fingerprint density at radius 3 is 3.11 bits per heavy atom. The number of carbonyl (C=O) groups is 1. The maximum atomic E-state index is 11.5. The van der Waals surface area contributed by atoms with Gasteiger partial charge < -0.3 is 14.5 Å². The summed E-state index contributed by atoms with van der Waals surface area (Å²) in [7, 11) is 1.36. The molecule has 0 amide bonds. The highest BCUT2D eigenvalue weighted by atomic mass is 16.5. The lowest BCUT2D eigenvalue weighted by Gasteiger charge is -2.31. The zero-order valence-electron chi connectivity index (χ0n) is 11.2. The molecule has 1 fully saturated rings. The van der Waals surface area contributed by atoms with Crippen LogP contribution < -0.4 is 5.32 Å². The van der Waals surface area contributed by atoms with Crippen LogP contribution in [0.3, 0.4) is 0 Å². The molecule has 0 aromatic carbocycles. The second-order valence-corrected chi connectivity index (χ2v) is 4.81. The number of nitrogens with one attached hydrogen (secondary N) is 1. The summed E-state index contributed by atoms with van der Waals surface area (Å²) in [6, 6.07) is 2.41. The molecule has 2 heterocycles. The van der Waals surface area contributed by atoms with Crippen LogP contribution in [0.25, 0.3) is 0 Å². The van der Waals surface area contributed by atoms with E-state index >= 15 is 0 Å². The summed E-state index contributed by atoms with van der Waals surface area (Å²) < 4.78 is 10.2. The normalized spacial score (nSPS) is 20.9. The minimum absolute atomic E-state index is 0.315. The monoisotopic (exact) mass is 252 g/mol. The van der Waals surface area contributed by atoms with E-state index in [1.165, 1.54) is 7.11 Å². The van der Waals surface area contributed by atoms with Crippen molar-refractivity contribution < 1.29 is 13.9 Å². The Kier molecular flexibility index (Phi) is 4.04. The van der Waals surface area contributed by atoms with Crippen LogP contribution in [0.15, 0.2) is 10.5 Å². The van der Waals surface area contributed by atoms with Crippen LogP contribution in [0.4, 0.5) is 0 Å². The van der Waals surface area contributed by atoms with Gasteiger partial charge in [-0.25, -0.2) is 4.79 Å². The van der Waals surface area contributed by atoms with E-state index in [2.05, 4.69) is 21.9 Å². The highest BCUT2D eigenvalue weighted by Crippen LogP contribution is 2.17. The Bertz CT molecular complexity index is 428. The van der Waals surface area contributed by atoms with Gasteiger partial charge in [0.25, 0.3) is 0 Å². The number of ether oxygens (including phenoxy) is 1. The smallest absolute Gasteiger partial charge is 0.374 e. The average molecular weight is 252 g/mol. The molecule has 1 aromatic rings. The van der Waals surface area contributed by atoms with Crippen LogP contribution in [0.5, 0.6) is 0 Å². The molecule has 1 N–H and O–H groups in total. The van der Waals surface area contributed by atoms with Crippen molar-refractivity contribution in [1.82, 2.24) is 10.2 Å². The maximum absolute atomic E-state index is 11.5. The molecule has 1 saturated heterocycles. The molecule has 1 atom stereocenters. The molecule has 1 aliphatic rings. The van der Waals surface area contributed by atoms with Crippen LogP contribution in [-0.4, -0.2) is 43.7 Å². The molecule has 100 valence electrons. The maximum Gasteiger partial charge on any atom is 0.374 e. The number of piperazine rings is 1. The summed E-state index contributed by atoms with van der Waals surface area (Å²) in [4.78, 5) is 13.8. The van der Waals surface area contributed by atoms with Crippen LogP contribution >= 0.6 is 0 Å². The highest BCUT2D eigenvalue weighted by Gasteiger charge is 2.20. The fourth-order valence-corrected chi connectivity index (χ4v) is 2.30. The molecule has 5 nitrogen and oxygen atoms in total. The molecule has 5 heteroatoms. The van der Waals surface area contributed by atoms with Gasteiger partial charge >= 0.3 is 5.97 Å². The van der Waals surface area contributed by atoms with Crippen LogP contribution in [0, 0.1) is 6.92 Å². The Morgan fingerprint density at radius 1 is 1.67 bits per heavy atom. The van der Waals surface area contributed by atoms with Gasteiger partial charge in [-0.1, -0.05) is 0 Å². The van der Waals surface area contributed by atoms with Crippen molar-refractivity contribution in [3.05, 3.63) is 23.2 Å². The fourth-order valence-electron chi connectivity index (χ4n) is 2.30. The molecular weight excluding hydrogens is 232 g/mol. The Hall–Kier alpha value is -1.33. The number of methoxy groups -OCH3 is 1. The van der Waals surface area contributed by atoms with Gasteiger partial charge in [-0.15, -0.1) is 0 Å². The third-order valence-electron chi connectivity index (χ3n) is 3.17. The number of hydrogen-bond acceptors (Lipinski definition) is 5. The van der Waals surface area contributed by atoms with E-state index in [4.69, 9.17) is 4.42 Å². The van der Waals surface area contributed by atoms with E-state index in [1.807, 2.05) is 13.0 Å². The number of nitrogens with zero attached hydrogens (tertiary/aromatic N) is 1. The van der Waals surface area contributed by atoms with Crippen molar-refractivity contribution in [3.8, 4) is 0 Å². The van der Waals surface area contributed by atoms with Gasteiger partial charge in [-0.3, -0.25) is 4.90 Å². The second-order valence-electron chi connectivity index (χ2n) is 4.81. The number of esters is 1. The Morgan fingerprint density at radius 2 is 2.44 bits per heavy atom. The molecule has 0 spiro atoms.